The number of nitriles is 1. The van der Waals surface area contributed by atoms with E-state index in [4.69, 9.17) is 6.57 Å². The molecule has 326 valence electrons. The van der Waals surface area contributed by atoms with Crippen LogP contribution in [0.25, 0.3) is 81.4 Å². The number of hydrogen-bond donors (Lipinski definition) is 0. The SMILES string of the molecule is [C-]#[N+]c1cc(-n2c3ccc(N(c4ccccc4)c4ccccc4)cc3c3c4ccccc4ccc32)c(C#N)cc1-n1c2ccc(N(c3ccccc3)c3ccccc3)cc2c2c3ccccc3ccc21. The van der Waals surface area contributed by atoms with Crippen LogP contribution in [0, 0.1) is 17.9 Å². The molecule has 0 fully saturated rings. The minimum Gasteiger partial charge on any atom is -0.319 e. The van der Waals surface area contributed by atoms with E-state index in [-0.39, 0.29) is 0 Å². The molecule has 0 unspecified atom stereocenters. The first-order valence-electron chi connectivity index (χ1n) is 23.4. The summed E-state index contributed by atoms with van der Waals surface area (Å²) in [7, 11) is 0. The van der Waals surface area contributed by atoms with Crippen LogP contribution in [-0.4, -0.2) is 9.13 Å². The van der Waals surface area contributed by atoms with Gasteiger partial charge in [0.15, 0.2) is 0 Å². The zero-order chi connectivity index (χ0) is 46.7. The Labute approximate surface area is 404 Å². The summed E-state index contributed by atoms with van der Waals surface area (Å²) in [6, 6.07) is 86.9. The molecule has 6 heteroatoms. The molecule has 0 radical (unpaired) electrons. The van der Waals surface area contributed by atoms with Crippen LogP contribution in [0.4, 0.5) is 39.8 Å². The van der Waals surface area contributed by atoms with Gasteiger partial charge in [-0.15, -0.1) is 0 Å². The van der Waals surface area contributed by atoms with Gasteiger partial charge in [0.2, 0.25) is 5.69 Å². The molecule has 6 nitrogen and oxygen atoms in total. The van der Waals surface area contributed by atoms with Crippen molar-refractivity contribution < 1.29 is 0 Å². The molecule has 11 aromatic carbocycles. The van der Waals surface area contributed by atoms with Gasteiger partial charge >= 0.3 is 0 Å². The smallest absolute Gasteiger partial charge is 0.212 e. The number of rotatable bonds is 8. The van der Waals surface area contributed by atoms with Crippen molar-refractivity contribution in [1.29, 1.82) is 5.26 Å². The van der Waals surface area contributed by atoms with E-state index >= 15 is 0 Å². The van der Waals surface area contributed by atoms with E-state index in [0.29, 0.717) is 22.6 Å². The summed E-state index contributed by atoms with van der Waals surface area (Å²) >= 11 is 0. The molecule has 70 heavy (non-hydrogen) atoms. The van der Waals surface area contributed by atoms with Gasteiger partial charge in [-0.3, -0.25) is 0 Å². The fourth-order valence-corrected chi connectivity index (χ4v) is 10.7. The van der Waals surface area contributed by atoms with Crippen molar-refractivity contribution in [3.8, 4) is 17.4 Å². The van der Waals surface area contributed by atoms with Gasteiger partial charge in [-0.25, -0.2) is 4.85 Å². The van der Waals surface area contributed by atoms with Gasteiger partial charge in [-0.1, -0.05) is 133 Å². The Hall–Kier alpha value is -9.88. The summed E-state index contributed by atoms with van der Waals surface area (Å²) in [4.78, 5) is 8.83. The zero-order valence-electron chi connectivity index (χ0n) is 37.8. The second-order valence-corrected chi connectivity index (χ2v) is 17.5. The van der Waals surface area contributed by atoms with Crippen LogP contribution >= 0.6 is 0 Å². The van der Waals surface area contributed by atoms with Gasteiger partial charge < -0.3 is 18.9 Å². The molecule has 13 rings (SSSR count). The van der Waals surface area contributed by atoms with E-state index < -0.39 is 0 Å². The Morgan fingerprint density at radius 2 is 0.743 bits per heavy atom. The third kappa shape index (κ3) is 6.40. The number of benzene rings is 11. The molecule has 0 saturated heterocycles. The van der Waals surface area contributed by atoms with Crippen LogP contribution in [0.15, 0.2) is 243 Å². The number of fused-ring (bicyclic) bond motifs is 10. The Bertz CT molecular complexity index is 3900. The summed E-state index contributed by atoms with van der Waals surface area (Å²) in [5.41, 5.74) is 12.2. The number of para-hydroxylation sites is 4. The van der Waals surface area contributed by atoms with Gasteiger partial charge in [0.25, 0.3) is 0 Å². The normalized spacial score (nSPS) is 11.4. The summed E-state index contributed by atoms with van der Waals surface area (Å²) < 4.78 is 4.36. The second-order valence-electron chi connectivity index (χ2n) is 17.5. The van der Waals surface area contributed by atoms with Crippen LogP contribution in [0.2, 0.25) is 0 Å². The van der Waals surface area contributed by atoms with Crippen molar-refractivity contribution >= 4 is 105 Å². The lowest BCUT2D eigenvalue weighted by molar-refractivity contribution is 1.14. The fourth-order valence-electron chi connectivity index (χ4n) is 10.7. The Kier molecular flexibility index (Phi) is 9.50. The standard InChI is InChI=1S/C64H40N6/c1-66-56-41-61(69-57-36-32-50(67(46-20-6-2-7-21-46)47-22-8-3-9-23-47)39-54(57)63-52-28-16-14-18-43(52)30-34-59(63)69)45(42-65)38-62(56)70-58-37-33-51(68(48-24-10-4-11-25-48)49-26-12-5-13-27-49)40-55(58)64-53-29-17-15-19-44(53)31-35-60(64)70/h2-41H. The Morgan fingerprint density at radius 3 is 1.16 bits per heavy atom. The lowest BCUT2D eigenvalue weighted by Gasteiger charge is -2.25. The summed E-state index contributed by atoms with van der Waals surface area (Å²) in [6.07, 6.45) is 0. The molecule has 0 aliphatic heterocycles. The Morgan fingerprint density at radius 1 is 0.357 bits per heavy atom. The molecule has 0 aliphatic rings. The van der Waals surface area contributed by atoms with Gasteiger partial charge in [-0.05, 0) is 131 Å². The van der Waals surface area contributed by atoms with Crippen LogP contribution in [-0.2, 0) is 0 Å². The quantitative estimate of drug-likeness (QED) is 0.143. The largest absolute Gasteiger partial charge is 0.319 e. The van der Waals surface area contributed by atoms with Crippen molar-refractivity contribution in [2.45, 2.75) is 0 Å². The maximum absolute atomic E-state index is 11.3. The Balaban J connectivity index is 1.05. The topological polar surface area (TPSA) is 44.5 Å². The van der Waals surface area contributed by atoms with Crippen molar-refractivity contribution in [2.75, 3.05) is 9.80 Å². The molecule has 2 aromatic heterocycles. The van der Waals surface area contributed by atoms with Crippen LogP contribution < -0.4 is 9.80 Å². The van der Waals surface area contributed by atoms with E-state index in [1.807, 2.05) is 36.4 Å². The first-order chi connectivity index (χ1) is 34.7. The molecule has 0 atom stereocenters. The summed E-state index contributed by atoms with van der Waals surface area (Å²) in [6.45, 7) is 8.84. The molecular formula is C64H40N6. The maximum Gasteiger partial charge on any atom is 0.212 e. The predicted octanol–water partition coefficient (Wildman–Crippen LogP) is 17.5. The number of aromatic nitrogens is 2. The summed E-state index contributed by atoms with van der Waals surface area (Å²) in [5.74, 6) is 0. The van der Waals surface area contributed by atoms with Crippen molar-refractivity contribution in [2.24, 2.45) is 0 Å². The molecule has 0 spiro atoms. The predicted molar refractivity (Wildman–Crippen MR) is 290 cm³/mol. The van der Waals surface area contributed by atoms with Crippen molar-refractivity contribution in [1.82, 2.24) is 9.13 Å². The highest BCUT2D eigenvalue weighted by molar-refractivity contribution is 6.23. The monoisotopic (exact) mass is 892 g/mol. The molecule has 0 aliphatic carbocycles. The highest BCUT2D eigenvalue weighted by Crippen LogP contribution is 2.46. The maximum atomic E-state index is 11.3. The van der Waals surface area contributed by atoms with Crippen molar-refractivity contribution in [3.05, 3.63) is 260 Å². The highest BCUT2D eigenvalue weighted by Gasteiger charge is 2.25. The molecule has 0 bridgehead atoms. The lowest BCUT2D eigenvalue weighted by atomic mass is 10.0. The molecule has 13 aromatic rings. The summed E-state index contributed by atoms with van der Waals surface area (Å²) in [5, 5.41) is 20.0. The zero-order valence-corrected chi connectivity index (χ0v) is 37.8. The van der Waals surface area contributed by atoms with E-state index in [9.17, 15) is 5.26 Å². The van der Waals surface area contributed by atoms with Crippen LogP contribution in [0.1, 0.15) is 5.56 Å². The molecular weight excluding hydrogens is 853 g/mol. The van der Waals surface area contributed by atoms with Gasteiger partial charge in [0.05, 0.1) is 45.6 Å². The van der Waals surface area contributed by atoms with Gasteiger partial charge in [-0.2, -0.15) is 5.26 Å². The van der Waals surface area contributed by atoms with Gasteiger partial charge in [0, 0.05) is 55.7 Å². The second kappa shape index (κ2) is 16.5. The van der Waals surface area contributed by atoms with E-state index in [2.05, 4.69) is 236 Å². The van der Waals surface area contributed by atoms with Crippen molar-refractivity contribution in [3.63, 3.8) is 0 Å². The fraction of sp³-hybridized carbons (Fsp3) is 0. The third-order valence-corrected chi connectivity index (χ3v) is 13.7. The van der Waals surface area contributed by atoms with E-state index in [1.165, 1.54) is 0 Å². The lowest BCUT2D eigenvalue weighted by Crippen LogP contribution is -2.09. The molecule has 0 amide bonds. The number of nitrogens with zero attached hydrogens (tertiary/aromatic N) is 6. The first kappa shape index (κ1) is 40.4. The van der Waals surface area contributed by atoms with E-state index in [1.54, 1.807) is 0 Å². The average molecular weight is 893 g/mol. The highest BCUT2D eigenvalue weighted by atomic mass is 15.1. The van der Waals surface area contributed by atoms with E-state index in [0.717, 1.165) is 99.3 Å². The average Bonchev–Trinajstić information content (AvgIpc) is 3.94. The molecule has 2 heterocycles. The van der Waals surface area contributed by atoms with Crippen LogP contribution in [0.3, 0.4) is 0 Å². The minimum absolute atomic E-state index is 0.437. The molecule has 0 N–H and O–H groups in total. The van der Waals surface area contributed by atoms with Gasteiger partial charge in [0.1, 0.15) is 6.07 Å². The minimum atomic E-state index is 0.437. The van der Waals surface area contributed by atoms with Crippen LogP contribution in [0.5, 0.6) is 0 Å². The number of anilines is 6. The third-order valence-electron chi connectivity index (χ3n) is 13.7. The first-order valence-corrected chi connectivity index (χ1v) is 23.4. The molecule has 0 saturated carbocycles. The number of hydrogen-bond acceptors (Lipinski definition) is 3.